The molecule has 5 nitrogen and oxygen atoms in total. The minimum absolute atomic E-state index is 0.248. The van der Waals surface area contributed by atoms with Gasteiger partial charge in [0.05, 0.1) is 7.11 Å². The highest BCUT2D eigenvalue weighted by atomic mass is 16.5. The van der Waals surface area contributed by atoms with Crippen LogP contribution in [0.4, 0.5) is 0 Å². The number of hydrogen-bond donors (Lipinski definition) is 2. The van der Waals surface area contributed by atoms with Crippen molar-refractivity contribution >= 4 is 0 Å². The monoisotopic (exact) mass is 386 g/mol. The second kappa shape index (κ2) is 11.7. The first-order valence-electron chi connectivity index (χ1n) is 10.0. The summed E-state index contributed by atoms with van der Waals surface area (Å²) >= 11 is 0. The largest absolute Gasteiger partial charge is 0.493 e. The number of aliphatic hydroxyl groups excluding tert-OH is 1. The van der Waals surface area contributed by atoms with Crippen molar-refractivity contribution in [2.75, 3.05) is 33.4 Å². The molecule has 2 aromatic carbocycles. The van der Waals surface area contributed by atoms with Gasteiger partial charge >= 0.3 is 0 Å². The van der Waals surface area contributed by atoms with Crippen LogP contribution >= 0.6 is 0 Å². The molecule has 0 saturated heterocycles. The van der Waals surface area contributed by atoms with E-state index in [2.05, 4.69) is 55.3 Å². The Hall–Kier alpha value is -2.08. The van der Waals surface area contributed by atoms with E-state index in [1.165, 1.54) is 11.1 Å². The number of nitrogens with one attached hydrogen (secondary N) is 1. The highest BCUT2D eigenvalue weighted by Gasteiger charge is 2.12. The second-order valence-corrected chi connectivity index (χ2v) is 6.97. The van der Waals surface area contributed by atoms with Crippen molar-refractivity contribution in [3.05, 3.63) is 59.2 Å². The van der Waals surface area contributed by atoms with Crippen LogP contribution in [0.15, 0.2) is 42.5 Å². The lowest BCUT2D eigenvalue weighted by Gasteiger charge is -2.22. The molecule has 0 bridgehead atoms. The molecular formula is C23H34N2O3. The zero-order chi connectivity index (χ0) is 20.4. The van der Waals surface area contributed by atoms with E-state index in [0.717, 1.165) is 31.7 Å². The van der Waals surface area contributed by atoms with Gasteiger partial charge in [0.2, 0.25) is 0 Å². The van der Waals surface area contributed by atoms with E-state index in [-0.39, 0.29) is 6.61 Å². The molecule has 0 heterocycles. The Morgan fingerprint density at radius 1 is 1.04 bits per heavy atom. The molecule has 0 amide bonds. The Labute approximate surface area is 169 Å². The van der Waals surface area contributed by atoms with Gasteiger partial charge in [-0.2, -0.15) is 0 Å². The van der Waals surface area contributed by atoms with E-state index in [1.807, 2.05) is 18.2 Å². The molecular weight excluding hydrogens is 352 g/mol. The summed E-state index contributed by atoms with van der Waals surface area (Å²) in [6, 6.07) is 14.3. The van der Waals surface area contributed by atoms with Gasteiger partial charge in [0.25, 0.3) is 0 Å². The molecule has 1 atom stereocenters. The van der Waals surface area contributed by atoms with Crippen LogP contribution in [-0.2, 0) is 13.1 Å². The lowest BCUT2D eigenvalue weighted by Crippen LogP contribution is -2.35. The number of aryl methyl sites for hydroxylation is 1. The van der Waals surface area contributed by atoms with Crippen molar-refractivity contribution < 1.29 is 14.6 Å². The van der Waals surface area contributed by atoms with Crippen LogP contribution in [0.5, 0.6) is 11.5 Å². The smallest absolute Gasteiger partial charge is 0.161 e. The lowest BCUT2D eigenvalue weighted by molar-refractivity contribution is 0.0705. The van der Waals surface area contributed by atoms with Gasteiger partial charge < -0.3 is 24.8 Å². The molecule has 0 aliphatic heterocycles. The zero-order valence-electron chi connectivity index (χ0n) is 17.6. The minimum Gasteiger partial charge on any atom is -0.493 e. The van der Waals surface area contributed by atoms with E-state index in [9.17, 15) is 5.11 Å². The molecule has 2 N–H and O–H groups in total. The fraction of sp³-hybridized carbons (Fsp3) is 0.478. The van der Waals surface area contributed by atoms with Crippen molar-refractivity contribution in [1.29, 1.82) is 0 Å². The van der Waals surface area contributed by atoms with E-state index in [0.29, 0.717) is 18.0 Å². The fourth-order valence-electron chi connectivity index (χ4n) is 3.11. The maximum absolute atomic E-state index is 10.2. The standard InChI is InChI=1S/C23H34N2O3/c1-5-25(6-2)16-21(26)17-28-22-12-11-19(13-23(22)27-4)14-24-15-20-10-8-7-9-18(20)3/h7-13,21,24,26H,5-6,14-17H2,1-4H3/t21-/m1/s1. The van der Waals surface area contributed by atoms with Crippen molar-refractivity contribution in [3.63, 3.8) is 0 Å². The fourth-order valence-corrected chi connectivity index (χ4v) is 3.11. The minimum atomic E-state index is -0.528. The molecule has 154 valence electrons. The van der Waals surface area contributed by atoms with E-state index in [1.54, 1.807) is 7.11 Å². The summed E-state index contributed by atoms with van der Waals surface area (Å²) in [7, 11) is 1.64. The molecule has 0 radical (unpaired) electrons. The third kappa shape index (κ3) is 6.82. The van der Waals surface area contributed by atoms with E-state index >= 15 is 0 Å². The SMILES string of the molecule is CCN(CC)C[C@@H](O)COc1ccc(CNCc2ccccc2C)cc1OC. The van der Waals surface area contributed by atoms with Gasteiger partial charge in [-0.3, -0.25) is 0 Å². The second-order valence-electron chi connectivity index (χ2n) is 6.97. The number of benzene rings is 2. The summed E-state index contributed by atoms with van der Waals surface area (Å²) in [6.45, 7) is 10.6. The first-order valence-corrected chi connectivity index (χ1v) is 10.0. The zero-order valence-corrected chi connectivity index (χ0v) is 17.6. The topological polar surface area (TPSA) is 54.0 Å². The number of likely N-dealkylation sites (N-methyl/N-ethyl adjacent to an activating group) is 1. The van der Waals surface area contributed by atoms with Crippen LogP contribution in [0.2, 0.25) is 0 Å². The molecule has 5 heteroatoms. The Bertz CT molecular complexity index is 717. The van der Waals surface area contributed by atoms with Crippen molar-refractivity contribution in [2.24, 2.45) is 0 Å². The van der Waals surface area contributed by atoms with Gasteiger partial charge in [-0.25, -0.2) is 0 Å². The Balaban J connectivity index is 1.88. The van der Waals surface area contributed by atoms with Crippen LogP contribution in [0.1, 0.15) is 30.5 Å². The summed E-state index contributed by atoms with van der Waals surface area (Å²) in [5.74, 6) is 1.34. The van der Waals surface area contributed by atoms with Gasteiger partial charge in [-0.05, 0) is 48.8 Å². The molecule has 0 aliphatic rings. The number of aliphatic hydroxyl groups is 1. The van der Waals surface area contributed by atoms with Gasteiger partial charge in [0.1, 0.15) is 12.7 Å². The lowest BCUT2D eigenvalue weighted by atomic mass is 10.1. The maximum atomic E-state index is 10.2. The quantitative estimate of drug-likeness (QED) is 0.586. The normalized spacial score (nSPS) is 12.2. The van der Waals surface area contributed by atoms with Gasteiger partial charge in [0.15, 0.2) is 11.5 Å². The van der Waals surface area contributed by atoms with E-state index < -0.39 is 6.10 Å². The number of rotatable bonds is 12. The average molecular weight is 387 g/mol. The Morgan fingerprint density at radius 3 is 2.46 bits per heavy atom. The first-order chi connectivity index (χ1) is 13.6. The summed E-state index contributed by atoms with van der Waals surface area (Å²) in [6.07, 6.45) is -0.528. The molecule has 2 aromatic rings. The van der Waals surface area contributed by atoms with Crippen molar-refractivity contribution in [1.82, 2.24) is 10.2 Å². The highest BCUT2D eigenvalue weighted by Crippen LogP contribution is 2.28. The first kappa shape index (κ1) is 22.2. The van der Waals surface area contributed by atoms with E-state index in [4.69, 9.17) is 9.47 Å². The molecule has 0 aliphatic carbocycles. The predicted molar refractivity (Wildman–Crippen MR) is 114 cm³/mol. The van der Waals surface area contributed by atoms with Crippen LogP contribution in [0.3, 0.4) is 0 Å². The Morgan fingerprint density at radius 2 is 1.79 bits per heavy atom. The van der Waals surface area contributed by atoms with Crippen molar-refractivity contribution in [2.45, 2.75) is 40.0 Å². The van der Waals surface area contributed by atoms with Crippen LogP contribution in [0, 0.1) is 6.92 Å². The van der Waals surface area contributed by atoms with Crippen LogP contribution in [0.25, 0.3) is 0 Å². The van der Waals surface area contributed by atoms with Gasteiger partial charge in [0, 0.05) is 19.6 Å². The number of nitrogens with zero attached hydrogens (tertiary/aromatic N) is 1. The summed E-state index contributed by atoms with van der Waals surface area (Å²) in [5.41, 5.74) is 3.72. The molecule has 0 fully saturated rings. The number of ether oxygens (including phenoxy) is 2. The molecule has 0 saturated carbocycles. The molecule has 2 rings (SSSR count). The van der Waals surface area contributed by atoms with Crippen molar-refractivity contribution in [3.8, 4) is 11.5 Å². The summed E-state index contributed by atoms with van der Waals surface area (Å²) < 4.78 is 11.3. The molecule has 0 spiro atoms. The third-order valence-corrected chi connectivity index (χ3v) is 4.93. The summed E-state index contributed by atoms with van der Waals surface area (Å²) in [4.78, 5) is 2.18. The molecule has 0 unspecified atom stereocenters. The van der Waals surface area contributed by atoms with Crippen LogP contribution in [-0.4, -0.2) is 49.5 Å². The molecule has 0 aromatic heterocycles. The van der Waals surface area contributed by atoms with Gasteiger partial charge in [-0.15, -0.1) is 0 Å². The summed E-state index contributed by atoms with van der Waals surface area (Å²) in [5, 5.41) is 13.7. The third-order valence-electron chi connectivity index (χ3n) is 4.93. The van der Waals surface area contributed by atoms with Gasteiger partial charge in [-0.1, -0.05) is 44.2 Å². The van der Waals surface area contributed by atoms with Crippen LogP contribution < -0.4 is 14.8 Å². The highest BCUT2D eigenvalue weighted by molar-refractivity contribution is 5.43. The predicted octanol–water partition coefficient (Wildman–Crippen LogP) is 3.37. The number of hydrogen-bond acceptors (Lipinski definition) is 5. The number of methoxy groups -OCH3 is 1. The maximum Gasteiger partial charge on any atom is 0.161 e. The average Bonchev–Trinajstić information content (AvgIpc) is 2.72. The Kier molecular flexibility index (Phi) is 9.28. The molecule has 28 heavy (non-hydrogen) atoms.